The zero-order chi connectivity index (χ0) is 16.2. The molecule has 23 heavy (non-hydrogen) atoms. The normalized spacial score (nSPS) is 22.9. The highest BCUT2D eigenvalue weighted by molar-refractivity contribution is 5.75. The first-order chi connectivity index (χ1) is 11.0. The minimum Gasteiger partial charge on any atom is -0.479 e. The van der Waals surface area contributed by atoms with Crippen LogP contribution in [0.15, 0.2) is 23.2 Å². The standard InChI is InChI=1S/C19H23N3O/c1-12-18(13(2)22(4)21-12)16-5-6-17-10-19(8-7-15(17)9-16)11-23-14(3)20-19/h5-6,9H,7-8,10-11H2,1-4H3. The molecule has 0 bridgehead atoms. The number of benzene rings is 1. The van der Waals surface area contributed by atoms with Gasteiger partial charge in [0, 0.05) is 31.6 Å². The lowest BCUT2D eigenvalue weighted by Crippen LogP contribution is -2.35. The van der Waals surface area contributed by atoms with Gasteiger partial charge in [0.25, 0.3) is 0 Å². The van der Waals surface area contributed by atoms with Gasteiger partial charge in [-0.25, -0.2) is 4.99 Å². The Hall–Kier alpha value is -2.10. The summed E-state index contributed by atoms with van der Waals surface area (Å²) >= 11 is 0. The Morgan fingerprint density at radius 3 is 2.65 bits per heavy atom. The van der Waals surface area contributed by atoms with E-state index in [2.05, 4.69) is 37.1 Å². The summed E-state index contributed by atoms with van der Waals surface area (Å²) in [5.74, 6) is 0.840. The van der Waals surface area contributed by atoms with E-state index in [1.54, 1.807) is 0 Å². The molecule has 2 aliphatic rings. The lowest BCUT2D eigenvalue weighted by molar-refractivity contribution is 0.236. The van der Waals surface area contributed by atoms with Crippen molar-refractivity contribution >= 4 is 5.90 Å². The van der Waals surface area contributed by atoms with Crippen molar-refractivity contribution in [3.63, 3.8) is 0 Å². The third kappa shape index (κ3) is 2.28. The average molecular weight is 309 g/mol. The van der Waals surface area contributed by atoms with Crippen LogP contribution in [0, 0.1) is 13.8 Å². The topological polar surface area (TPSA) is 39.4 Å². The molecule has 0 saturated carbocycles. The second kappa shape index (κ2) is 4.95. The van der Waals surface area contributed by atoms with E-state index in [-0.39, 0.29) is 5.54 Å². The monoisotopic (exact) mass is 309 g/mol. The number of fused-ring (bicyclic) bond motifs is 1. The molecule has 0 saturated heterocycles. The number of nitrogens with zero attached hydrogens (tertiary/aromatic N) is 3. The van der Waals surface area contributed by atoms with Gasteiger partial charge in [0.05, 0.1) is 5.69 Å². The van der Waals surface area contributed by atoms with E-state index in [9.17, 15) is 0 Å². The van der Waals surface area contributed by atoms with E-state index < -0.39 is 0 Å². The zero-order valence-corrected chi connectivity index (χ0v) is 14.3. The molecular weight excluding hydrogens is 286 g/mol. The van der Waals surface area contributed by atoms with Crippen molar-refractivity contribution in [2.75, 3.05) is 6.61 Å². The van der Waals surface area contributed by atoms with Crippen molar-refractivity contribution in [2.24, 2.45) is 12.0 Å². The van der Waals surface area contributed by atoms with Crippen LogP contribution in [0.2, 0.25) is 0 Å². The molecule has 0 amide bonds. The molecule has 4 nitrogen and oxygen atoms in total. The van der Waals surface area contributed by atoms with Gasteiger partial charge in [-0.05, 0) is 43.4 Å². The number of rotatable bonds is 1. The summed E-state index contributed by atoms with van der Waals surface area (Å²) < 4.78 is 7.59. The Bertz CT molecular complexity index is 818. The van der Waals surface area contributed by atoms with E-state index in [4.69, 9.17) is 9.73 Å². The van der Waals surface area contributed by atoms with Crippen molar-refractivity contribution in [1.29, 1.82) is 0 Å². The highest BCUT2D eigenvalue weighted by atomic mass is 16.5. The van der Waals surface area contributed by atoms with Gasteiger partial charge in [0.1, 0.15) is 12.1 Å². The van der Waals surface area contributed by atoms with Crippen LogP contribution < -0.4 is 0 Å². The SMILES string of the molecule is CC1=NC2(CCc3cc(-c4c(C)nn(C)c4C)ccc3C2)CO1. The van der Waals surface area contributed by atoms with Gasteiger partial charge in [-0.3, -0.25) is 4.68 Å². The molecule has 4 heteroatoms. The van der Waals surface area contributed by atoms with Crippen LogP contribution in [0.1, 0.15) is 35.9 Å². The minimum absolute atomic E-state index is 0.0151. The Balaban J connectivity index is 1.71. The Morgan fingerprint density at radius 1 is 1.17 bits per heavy atom. The van der Waals surface area contributed by atoms with Crippen LogP contribution in [0.5, 0.6) is 0 Å². The molecule has 2 heterocycles. The minimum atomic E-state index is -0.0151. The number of hydrogen-bond donors (Lipinski definition) is 0. The molecule has 1 aromatic carbocycles. The zero-order valence-electron chi connectivity index (χ0n) is 14.3. The Kier molecular flexibility index (Phi) is 3.12. The van der Waals surface area contributed by atoms with Gasteiger partial charge in [0.2, 0.25) is 0 Å². The number of aromatic nitrogens is 2. The highest BCUT2D eigenvalue weighted by Gasteiger charge is 2.38. The molecule has 1 spiro atoms. The smallest absolute Gasteiger partial charge is 0.180 e. The molecule has 1 aliphatic heterocycles. The van der Waals surface area contributed by atoms with Gasteiger partial charge < -0.3 is 4.74 Å². The highest BCUT2D eigenvalue weighted by Crippen LogP contribution is 2.37. The number of aliphatic imine (C=N–C) groups is 1. The van der Waals surface area contributed by atoms with Gasteiger partial charge in [-0.1, -0.05) is 18.2 Å². The summed E-state index contributed by atoms with van der Waals surface area (Å²) in [4.78, 5) is 4.77. The molecule has 1 aromatic heterocycles. The fraction of sp³-hybridized carbons (Fsp3) is 0.474. The first-order valence-electron chi connectivity index (χ1n) is 8.29. The second-order valence-electron chi connectivity index (χ2n) is 6.97. The predicted octanol–water partition coefficient (Wildman–Crippen LogP) is 3.38. The predicted molar refractivity (Wildman–Crippen MR) is 91.9 cm³/mol. The summed E-state index contributed by atoms with van der Waals surface area (Å²) in [5.41, 5.74) is 7.73. The van der Waals surface area contributed by atoms with Crippen molar-refractivity contribution in [3.8, 4) is 11.1 Å². The van der Waals surface area contributed by atoms with E-state index >= 15 is 0 Å². The number of aryl methyl sites for hydroxylation is 3. The van der Waals surface area contributed by atoms with Crippen molar-refractivity contribution < 1.29 is 4.74 Å². The molecule has 120 valence electrons. The Morgan fingerprint density at radius 2 is 2.00 bits per heavy atom. The van der Waals surface area contributed by atoms with Gasteiger partial charge in [-0.15, -0.1) is 0 Å². The van der Waals surface area contributed by atoms with Gasteiger partial charge in [-0.2, -0.15) is 5.10 Å². The van der Waals surface area contributed by atoms with E-state index in [1.165, 1.54) is 27.9 Å². The van der Waals surface area contributed by atoms with Crippen molar-refractivity contribution in [1.82, 2.24) is 9.78 Å². The molecular formula is C19H23N3O. The maximum atomic E-state index is 5.63. The molecule has 1 atom stereocenters. The van der Waals surface area contributed by atoms with E-state index in [0.29, 0.717) is 0 Å². The molecule has 1 unspecified atom stereocenters. The molecule has 4 rings (SSSR count). The number of ether oxygens (including phenoxy) is 1. The summed E-state index contributed by atoms with van der Waals surface area (Å²) in [6.45, 7) is 6.92. The van der Waals surface area contributed by atoms with E-state index in [0.717, 1.165) is 37.5 Å². The van der Waals surface area contributed by atoms with E-state index in [1.807, 2.05) is 18.7 Å². The fourth-order valence-electron chi connectivity index (χ4n) is 4.04. The lowest BCUT2D eigenvalue weighted by Gasteiger charge is -2.30. The van der Waals surface area contributed by atoms with Crippen LogP contribution >= 0.6 is 0 Å². The van der Waals surface area contributed by atoms with Crippen LogP contribution in [0.25, 0.3) is 11.1 Å². The number of hydrogen-bond acceptors (Lipinski definition) is 3. The van der Waals surface area contributed by atoms with Crippen molar-refractivity contribution in [2.45, 2.75) is 45.6 Å². The van der Waals surface area contributed by atoms with Gasteiger partial charge >= 0.3 is 0 Å². The summed E-state index contributed by atoms with van der Waals surface area (Å²) in [6.07, 6.45) is 3.14. The van der Waals surface area contributed by atoms with Crippen LogP contribution in [-0.4, -0.2) is 27.8 Å². The first kappa shape index (κ1) is 14.5. The van der Waals surface area contributed by atoms with Crippen LogP contribution in [0.3, 0.4) is 0 Å². The molecule has 2 aromatic rings. The first-order valence-corrected chi connectivity index (χ1v) is 8.29. The maximum absolute atomic E-state index is 5.63. The maximum Gasteiger partial charge on any atom is 0.180 e. The molecule has 0 fully saturated rings. The third-order valence-electron chi connectivity index (χ3n) is 5.33. The van der Waals surface area contributed by atoms with Gasteiger partial charge in [0.15, 0.2) is 5.90 Å². The van der Waals surface area contributed by atoms with Crippen molar-refractivity contribution in [3.05, 3.63) is 40.7 Å². The van der Waals surface area contributed by atoms with Crippen LogP contribution in [0.4, 0.5) is 0 Å². The summed E-state index contributed by atoms with van der Waals surface area (Å²) in [6, 6.07) is 6.87. The second-order valence-corrected chi connectivity index (χ2v) is 6.97. The summed E-state index contributed by atoms with van der Waals surface area (Å²) in [5, 5.41) is 4.55. The van der Waals surface area contributed by atoms with Crippen LogP contribution in [-0.2, 0) is 24.6 Å². The molecule has 1 aliphatic carbocycles. The Labute approximate surface area is 137 Å². The molecule has 0 radical (unpaired) electrons. The fourth-order valence-corrected chi connectivity index (χ4v) is 4.04. The third-order valence-corrected chi connectivity index (χ3v) is 5.33. The average Bonchev–Trinajstić information content (AvgIpc) is 2.99. The quantitative estimate of drug-likeness (QED) is 0.810. The molecule has 0 N–H and O–H groups in total. The largest absolute Gasteiger partial charge is 0.479 e. The lowest BCUT2D eigenvalue weighted by atomic mass is 9.78. The summed E-state index contributed by atoms with van der Waals surface area (Å²) in [7, 11) is 2.01.